The molecule has 0 aliphatic rings. The fourth-order valence-corrected chi connectivity index (χ4v) is 2.39. The van der Waals surface area contributed by atoms with Crippen molar-refractivity contribution in [3.63, 3.8) is 0 Å². The van der Waals surface area contributed by atoms with Gasteiger partial charge < -0.3 is 10.6 Å². The van der Waals surface area contributed by atoms with E-state index >= 15 is 0 Å². The number of carbonyl (C=O) groups excluding carboxylic acids is 2. The summed E-state index contributed by atoms with van der Waals surface area (Å²) in [5, 5.41) is 17.2. The first kappa shape index (κ1) is 16.9. The largest absolute Gasteiger partial charge is 0.326 e. The van der Waals surface area contributed by atoms with Crippen LogP contribution in [0.5, 0.6) is 0 Å². The van der Waals surface area contributed by atoms with Crippen molar-refractivity contribution < 1.29 is 9.59 Å². The number of aryl methyl sites for hydroxylation is 2. The van der Waals surface area contributed by atoms with Gasteiger partial charge in [0.25, 0.3) is 0 Å². The van der Waals surface area contributed by atoms with Crippen molar-refractivity contribution in [2.45, 2.75) is 25.4 Å². The van der Waals surface area contributed by atoms with Gasteiger partial charge >= 0.3 is 0 Å². The molecule has 8 nitrogen and oxygen atoms in total. The first-order valence-corrected chi connectivity index (χ1v) is 8.03. The Labute approximate surface area is 138 Å². The molecule has 0 radical (unpaired) electrons. The molecule has 0 aliphatic heterocycles. The molecule has 9 heteroatoms. The van der Waals surface area contributed by atoms with E-state index in [1.165, 1.54) is 16.4 Å². The molecule has 23 heavy (non-hydrogen) atoms. The molecule has 0 saturated carbocycles. The van der Waals surface area contributed by atoms with E-state index in [0.717, 1.165) is 5.56 Å². The Hall–Kier alpha value is -2.42. The quantitative estimate of drug-likeness (QED) is 0.778. The number of carbonyl (C=O) groups is 2. The van der Waals surface area contributed by atoms with Crippen molar-refractivity contribution in [3.05, 3.63) is 23.8 Å². The Kier molecular flexibility index (Phi) is 5.69. The number of benzene rings is 1. The zero-order valence-corrected chi connectivity index (χ0v) is 14.0. The number of hydrogen-bond acceptors (Lipinski definition) is 6. The van der Waals surface area contributed by atoms with Crippen LogP contribution in [0.3, 0.4) is 0 Å². The number of tetrazole rings is 1. The summed E-state index contributed by atoms with van der Waals surface area (Å²) in [4.78, 5) is 23.5. The van der Waals surface area contributed by atoms with E-state index in [4.69, 9.17) is 0 Å². The first-order valence-electron chi connectivity index (χ1n) is 7.05. The predicted octanol–water partition coefficient (Wildman–Crippen LogP) is 1.60. The average Bonchev–Trinajstić information content (AvgIpc) is 2.93. The Morgan fingerprint density at radius 3 is 2.70 bits per heavy atom. The van der Waals surface area contributed by atoms with Gasteiger partial charge in [0.15, 0.2) is 0 Å². The highest BCUT2D eigenvalue weighted by Crippen LogP contribution is 2.21. The molecule has 0 atom stereocenters. The molecule has 2 amide bonds. The lowest BCUT2D eigenvalue weighted by molar-refractivity contribution is -0.116. The van der Waals surface area contributed by atoms with E-state index < -0.39 is 0 Å². The van der Waals surface area contributed by atoms with Crippen molar-refractivity contribution >= 4 is 35.0 Å². The topological polar surface area (TPSA) is 102 Å². The maximum Gasteiger partial charge on any atom is 0.234 e. The van der Waals surface area contributed by atoms with Crippen molar-refractivity contribution in [1.82, 2.24) is 20.2 Å². The van der Waals surface area contributed by atoms with Crippen LogP contribution in [0.2, 0.25) is 0 Å². The molecular formula is C14H18N6O2S. The zero-order valence-electron chi connectivity index (χ0n) is 13.2. The molecule has 0 spiro atoms. The molecule has 2 rings (SSSR count). The van der Waals surface area contributed by atoms with E-state index in [1.54, 1.807) is 26.1 Å². The van der Waals surface area contributed by atoms with Crippen molar-refractivity contribution in [3.8, 4) is 0 Å². The van der Waals surface area contributed by atoms with Gasteiger partial charge in [0.05, 0.1) is 5.75 Å². The monoisotopic (exact) mass is 334 g/mol. The van der Waals surface area contributed by atoms with Gasteiger partial charge in [0.2, 0.25) is 17.0 Å². The summed E-state index contributed by atoms with van der Waals surface area (Å²) in [5.41, 5.74) is 2.26. The minimum absolute atomic E-state index is 0.0677. The third kappa shape index (κ3) is 4.78. The summed E-state index contributed by atoms with van der Waals surface area (Å²) in [6, 6.07) is 5.39. The lowest BCUT2D eigenvalue weighted by Gasteiger charge is -2.11. The Balaban J connectivity index is 1.96. The summed E-state index contributed by atoms with van der Waals surface area (Å²) >= 11 is 1.25. The molecule has 0 saturated heterocycles. The fourth-order valence-electron chi connectivity index (χ4n) is 1.74. The fraction of sp³-hybridized carbons (Fsp3) is 0.357. The molecule has 0 bridgehead atoms. The van der Waals surface area contributed by atoms with Gasteiger partial charge in [-0.1, -0.05) is 24.8 Å². The van der Waals surface area contributed by atoms with Crippen LogP contribution in [-0.2, 0) is 16.6 Å². The second-order valence-electron chi connectivity index (χ2n) is 4.85. The van der Waals surface area contributed by atoms with Crippen LogP contribution in [0.15, 0.2) is 23.4 Å². The van der Waals surface area contributed by atoms with Crippen LogP contribution in [-0.4, -0.2) is 37.8 Å². The number of nitrogens with zero attached hydrogens (tertiary/aromatic N) is 4. The molecule has 2 aromatic rings. The first-order chi connectivity index (χ1) is 11.0. The van der Waals surface area contributed by atoms with E-state index in [0.29, 0.717) is 23.0 Å². The maximum atomic E-state index is 12.0. The third-order valence-corrected chi connectivity index (χ3v) is 4.04. The average molecular weight is 334 g/mol. The van der Waals surface area contributed by atoms with Gasteiger partial charge in [-0.15, -0.1) is 5.10 Å². The molecule has 1 heterocycles. The number of hydrogen-bond donors (Lipinski definition) is 2. The van der Waals surface area contributed by atoms with E-state index in [9.17, 15) is 9.59 Å². The van der Waals surface area contributed by atoms with Gasteiger partial charge in [0.1, 0.15) is 0 Å². The summed E-state index contributed by atoms with van der Waals surface area (Å²) in [6.45, 7) is 3.68. The second kappa shape index (κ2) is 7.73. The van der Waals surface area contributed by atoms with Crippen LogP contribution in [0, 0.1) is 6.92 Å². The lowest BCUT2D eigenvalue weighted by atomic mass is 10.1. The summed E-state index contributed by atoms with van der Waals surface area (Å²) < 4.78 is 1.50. The zero-order chi connectivity index (χ0) is 16.8. The van der Waals surface area contributed by atoms with Gasteiger partial charge in [-0.05, 0) is 35.0 Å². The SMILES string of the molecule is CCC(=O)Nc1cc(NC(=O)CSc2nnnn2C)ccc1C. The van der Waals surface area contributed by atoms with E-state index in [-0.39, 0.29) is 17.6 Å². The Bertz CT molecular complexity index is 715. The number of rotatable bonds is 6. The predicted molar refractivity (Wildman–Crippen MR) is 88.3 cm³/mol. The Morgan fingerprint density at radius 2 is 2.04 bits per heavy atom. The number of amides is 2. The molecule has 0 unspecified atom stereocenters. The lowest BCUT2D eigenvalue weighted by Crippen LogP contribution is -2.15. The van der Waals surface area contributed by atoms with E-state index in [1.807, 2.05) is 13.0 Å². The van der Waals surface area contributed by atoms with Crippen LogP contribution in [0.1, 0.15) is 18.9 Å². The minimum atomic E-state index is -0.172. The van der Waals surface area contributed by atoms with Crippen molar-refractivity contribution in [1.29, 1.82) is 0 Å². The van der Waals surface area contributed by atoms with Crippen LogP contribution < -0.4 is 10.6 Å². The van der Waals surface area contributed by atoms with Crippen LogP contribution >= 0.6 is 11.8 Å². The Morgan fingerprint density at radius 1 is 1.26 bits per heavy atom. The highest BCUT2D eigenvalue weighted by Gasteiger charge is 2.09. The van der Waals surface area contributed by atoms with Gasteiger partial charge in [-0.25, -0.2) is 4.68 Å². The molecular weight excluding hydrogens is 316 g/mol. The summed E-state index contributed by atoms with van der Waals surface area (Å²) in [5.74, 6) is -0.0461. The smallest absolute Gasteiger partial charge is 0.234 e. The molecule has 1 aromatic heterocycles. The number of thioether (sulfide) groups is 1. The molecule has 2 N–H and O–H groups in total. The highest BCUT2D eigenvalue weighted by atomic mass is 32.2. The minimum Gasteiger partial charge on any atom is -0.326 e. The molecule has 0 fully saturated rings. The maximum absolute atomic E-state index is 12.0. The molecule has 0 aliphatic carbocycles. The van der Waals surface area contributed by atoms with Gasteiger partial charge in [-0.2, -0.15) is 0 Å². The van der Waals surface area contributed by atoms with Gasteiger partial charge in [0, 0.05) is 24.8 Å². The highest BCUT2D eigenvalue weighted by molar-refractivity contribution is 7.99. The molecule has 122 valence electrons. The van der Waals surface area contributed by atoms with Crippen molar-refractivity contribution in [2.75, 3.05) is 16.4 Å². The van der Waals surface area contributed by atoms with Crippen LogP contribution in [0.25, 0.3) is 0 Å². The van der Waals surface area contributed by atoms with Crippen LogP contribution in [0.4, 0.5) is 11.4 Å². The summed E-state index contributed by atoms with van der Waals surface area (Å²) in [6.07, 6.45) is 0.401. The molecule has 1 aromatic carbocycles. The number of anilines is 2. The van der Waals surface area contributed by atoms with Gasteiger partial charge in [-0.3, -0.25) is 9.59 Å². The second-order valence-corrected chi connectivity index (χ2v) is 5.80. The summed E-state index contributed by atoms with van der Waals surface area (Å²) in [7, 11) is 1.71. The third-order valence-electron chi connectivity index (χ3n) is 3.03. The number of nitrogens with one attached hydrogen (secondary N) is 2. The van der Waals surface area contributed by atoms with Crippen molar-refractivity contribution in [2.24, 2.45) is 7.05 Å². The normalized spacial score (nSPS) is 10.4. The number of aromatic nitrogens is 4. The van der Waals surface area contributed by atoms with E-state index in [2.05, 4.69) is 26.2 Å². The standard InChI is InChI=1S/C14H18N6O2S/c1-4-12(21)16-11-7-10(6-5-9(11)2)15-13(22)8-23-14-17-18-19-20(14)3/h5-7H,4,8H2,1-3H3,(H,15,22)(H,16,21).